The molecular weight excluding hydrogens is 364 g/mol. The van der Waals surface area contributed by atoms with Gasteiger partial charge in [0.15, 0.2) is 0 Å². The monoisotopic (exact) mass is 380 g/mol. The van der Waals surface area contributed by atoms with Gasteiger partial charge in [-0.2, -0.15) is 10.3 Å². The van der Waals surface area contributed by atoms with E-state index in [4.69, 9.17) is 0 Å². The molecule has 0 aliphatic heterocycles. The largest absolute Gasteiger partial charge is 0.249 e. The normalized spacial score (nSPS) is 11.1. The Labute approximate surface area is 158 Å². The van der Waals surface area contributed by atoms with Crippen LogP contribution in [0, 0.1) is 0 Å². The number of nitrogens with zero attached hydrogens (tertiary/aromatic N) is 5. The Morgan fingerprint density at radius 2 is 1.81 bits per heavy atom. The molecule has 3 aromatic heterocycles. The van der Waals surface area contributed by atoms with Crippen molar-refractivity contribution in [2.24, 2.45) is 0 Å². The first-order valence-corrected chi connectivity index (χ1v) is 10.5. The number of aromatic amines is 1. The van der Waals surface area contributed by atoms with E-state index in [1.165, 1.54) is 11.1 Å². The van der Waals surface area contributed by atoms with Gasteiger partial charge in [0, 0.05) is 18.4 Å². The van der Waals surface area contributed by atoms with Crippen LogP contribution >= 0.6 is 21.6 Å². The van der Waals surface area contributed by atoms with E-state index >= 15 is 0 Å². The minimum absolute atomic E-state index is 0.606. The number of aryl methyl sites for hydroxylation is 1. The molecule has 6 nitrogen and oxygen atoms in total. The highest BCUT2D eigenvalue weighted by atomic mass is 33.1. The molecule has 0 spiro atoms. The summed E-state index contributed by atoms with van der Waals surface area (Å²) < 4.78 is 0. The van der Waals surface area contributed by atoms with Crippen molar-refractivity contribution in [3.63, 3.8) is 0 Å². The number of hydrogen-bond donors (Lipinski definition) is 1. The molecule has 0 fully saturated rings. The van der Waals surface area contributed by atoms with Gasteiger partial charge in [-0.05, 0) is 40.5 Å². The molecule has 26 heavy (non-hydrogen) atoms. The van der Waals surface area contributed by atoms with Crippen LogP contribution in [0.25, 0.3) is 11.2 Å². The van der Waals surface area contributed by atoms with Crippen LogP contribution in [-0.2, 0) is 12.8 Å². The SMILES string of the molecule is c1ccc(SSCCc2ccccc2Cc2ncc3n[nH]nc3n2)nc1. The fourth-order valence-electron chi connectivity index (χ4n) is 2.57. The predicted molar refractivity (Wildman–Crippen MR) is 105 cm³/mol. The minimum atomic E-state index is 0.606. The van der Waals surface area contributed by atoms with E-state index in [2.05, 4.69) is 54.6 Å². The molecule has 0 saturated carbocycles. The molecule has 0 amide bonds. The summed E-state index contributed by atoms with van der Waals surface area (Å²) >= 11 is 0. The van der Waals surface area contributed by atoms with Crippen LogP contribution in [0.4, 0.5) is 0 Å². The third kappa shape index (κ3) is 4.20. The first kappa shape index (κ1) is 17.0. The van der Waals surface area contributed by atoms with Gasteiger partial charge in [0.25, 0.3) is 0 Å². The van der Waals surface area contributed by atoms with E-state index in [0.29, 0.717) is 17.6 Å². The van der Waals surface area contributed by atoms with Crippen LogP contribution in [0.1, 0.15) is 17.0 Å². The molecule has 0 radical (unpaired) electrons. The molecule has 0 aliphatic rings. The highest BCUT2D eigenvalue weighted by Crippen LogP contribution is 2.29. The quantitative estimate of drug-likeness (QED) is 0.386. The topological polar surface area (TPSA) is 80.2 Å². The lowest BCUT2D eigenvalue weighted by Crippen LogP contribution is -2.01. The molecule has 4 rings (SSSR count). The number of benzene rings is 1. The van der Waals surface area contributed by atoms with E-state index in [1.807, 2.05) is 35.2 Å². The van der Waals surface area contributed by atoms with E-state index in [1.54, 1.807) is 17.0 Å². The molecule has 0 bridgehead atoms. The summed E-state index contributed by atoms with van der Waals surface area (Å²) in [4.78, 5) is 13.2. The summed E-state index contributed by atoms with van der Waals surface area (Å²) in [7, 11) is 3.53. The highest BCUT2D eigenvalue weighted by molar-refractivity contribution is 8.76. The number of fused-ring (bicyclic) bond motifs is 1. The Hall–Kier alpha value is -2.45. The molecular formula is C18H16N6S2. The molecule has 8 heteroatoms. The maximum Gasteiger partial charge on any atom is 0.204 e. The van der Waals surface area contributed by atoms with Crippen LogP contribution in [0.15, 0.2) is 59.9 Å². The van der Waals surface area contributed by atoms with Crippen molar-refractivity contribution >= 4 is 32.8 Å². The fraction of sp³-hybridized carbons (Fsp3) is 0.167. The van der Waals surface area contributed by atoms with Crippen LogP contribution in [0.2, 0.25) is 0 Å². The Balaban J connectivity index is 1.39. The third-order valence-electron chi connectivity index (χ3n) is 3.83. The maximum atomic E-state index is 4.47. The Bertz CT molecular complexity index is 989. The molecule has 4 aromatic rings. The Morgan fingerprint density at radius 3 is 2.69 bits per heavy atom. The predicted octanol–water partition coefficient (Wildman–Crippen LogP) is 3.72. The van der Waals surface area contributed by atoms with Crippen molar-refractivity contribution < 1.29 is 0 Å². The second-order valence-corrected chi connectivity index (χ2v) is 8.02. The van der Waals surface area contributed by atoms with E-state index < -0.39 is 0 Å². The molecule has 0 unspecified atom stereocenters. The van der Waals surface area contributed by atoms with E-state index in [-0.39, 0.29) is 0 Å². The number of H-pyrrole nitrogens is 1. The molecule has 0 aliphatic carbocycles. The molecule has 1 N–H and O–H groups in total. The smallest absolute Gasteiger partial charge is 0.204 e. The first-order chi connectivity index (χ1) is 12.9. The fourth-order valence-corrected chi connectivity index (χ4v) is 4.47. The van der Waals surface area contributed by atoms with Crippen LogP contribution < -0.4 is 0 Å². The van der Waals surface area contributed by atoms with Gasteiger partial charge in [0.2, 0.25) is 5.65 Å². The summed E-state index contributed by atoms with van der Waals surface area (Å²) in [6, 6.07) is 14.4. The number of hydrogen-bond acceptors (Lipinski definition) is 7. The van der Waals surface area contributed by atoms with Gasteiger partial charge in [-0.15, -0.1) is 5.10 Å². The summed E-state index contributed by atoms with van der Waals surface area (Å²) in [6.07, 6.45) is 5.22. The van der Waals surface area contributed by atoms with Gasteiger partial charge in [0.05, 0.1) is 6.20 Å². The lowest BCUT2D eigenvalue weighted by molar-refractivity contribution is 0.943. The molecule has 0 atom stereocenters. The van der Waals surface area contributed by atoms with Gasteiger partial charge in [-0.3, -0.25) is 0 Å². The molecule has 0 saturated heterocycles. The Kier molecular flexibility index (Phi) is 5.41. The number of pyridine rings is 1. The highest BCUT2D eigenvalue weighted by Gasteiger charge is 2.08. The van der Waals surface area contributed by atoms with Gasteiger partial charge in [0.1, 0.15) is 16.4 Å². The number of rotatable bonds is 7. The average molecular weight is 381 g/mol. The minimum Gasteiger partial charge on any atom is -0.249 e. The van der Waals surface area contributed by atoms with Gasteiger partial charge in [-0.1, -0.05) is 41.1 Å². The third-order valence-corrected chi connectivity index (χ3v) is 6.10. The van der Waals surface area contributed by atoms with E-state index in [0.717, 1.165) is 23.0 Å². The van der Waals surface area contributed by atoms with Gasteiger partial charge >= 0.3 is 0 Å². The maximum absolute atomic E-state index is 4.47. The zero-order valence-electron chi connectivity index (χ0n) is 13.9. The number of aromatic nitrogens is 6. The Morgan fingerprint density at radius 1 is 0.923 bits per heavy atom. The summed E-state index contributed by atoms with van der Waals surface area (Å²) in [5, 5.41) is 11.6. The van der Waals surface area contributed by atoms with Crippen molar-refractivity contribution in [1.82, 2.24) is 30.4 Å². The second kappa shape index (κ2) is 8.29. The van der Waals surface area contributed by atoms with Gasteiger partial charge in [-0.25, -0.2) is 15.0 Å². The lowest BCUT2D eigenvalue weighted by atomic mass is 10.0. The van der Waals surface area contributed by atoms with Crippen LogP contribution in [-0.4, -0.2) is 36.1 Å². The molecule has 1 aromatic carbocycles. The molecule has 3 heterocycles. The standard InChI is InChI=1S/C18H16N6S2/c1-2-6-14(11-16-20-12-15-18(21-16)23-24-22-15)13(5-1)8-10-25-26-17-7-3-4-9-19-17/h1-7,9,12H,8,10-11H2,(H,20,21,22,23,24). The van der Waals surface area contributed by atoms with Crippen molar-refractivity contribution in [2.45, 2.75) is 17.9 Å². The van der Waals surface area contributed by atoms with Crippen LogP contribution in [0.3, 0.4) is 0 Å². The second-order valence-electron chi connectivity index (χ2n) is 5.59. The zero-order chi connectivity index (χ0) is 17.6. The summed E-state index contributed by atoms with van der Waals surface area (Å²) in [5.41, 5.74) is 3.86. The van der Waals surface area contributed by atoms with E-state index in [9.17, 15) is 0 Å². The zero-order valence-corrected chi connectivity index (χ0v) is 15.5. The summed E-state index contributed by atoms with van der Waals surface area (Å²) in [6.45, 7) is 0. The van der Waals surface area contributed by atoms with Crippen molar-refractivity contribution in [2.75, 3.05) is 5.75 Å². The van der Waals surface area contributed by atoms with Crippen molar-refractivity contribution in [1.29, 1.82) is 0 Å². The van der Waals surface area contributed by atoms with Gasteiger partial charge < -0.3 is 0 Å². The summed E-state index contributed by atoms with van der Waals surface area (Å²) in [5.74, 6) is 1.77. The first-order valence-electron chi connectivity index (χ1n) is 8.18. The number of nitrogens with one attached hydrogen (secondary N) is 1. The molecule has 130 valence electrons. The van der Waals surface area contributed by atoms with Crippen molar-refractivity contribution in [3.05, 3.63) is 71.8 Å². The van der Waals surface area contributed by atoms with Crippen molar-refractivity contribution in [3.8, 4) is 0 Å². The lowest BCUT2D eigenvalue weighted by Gasteiger charge is -2.08. The van der Waals surface area contributed by atoms with Crippen LogP contribution in [0.5, 0.6) is 0 Å². The average Bonchev–Trinajstić information content (AvgIpc) is 3.15.